The SMILES string of the molecule is CCCNc1cc(Sc2ccccc2Br)nc(C(C)C)n1. The van der Waals surface area contributed by atoms with E-state index < -0.39 is 0 Å². The van der Waals surface area contributed by atoms with Crippen LogP contribution in [-0.2, 0) is 0 Å². The van der Waals surface area contributed by atoms with Crippen LogP contribution < -0.4 is 5.32 Å². The molecule has 0 spiro atoms. The van der Waals surface area contributed by atoms with Crippen LogP contribution in [0.5, 0.6) is 0 Å². The van der Waals surface area contributed by atoms with Crippen LogP contribution in [0.2, 0.25) is 0 Å². The van der Waals surface area contributed by atoms with E-state index in [-0.39, 0.29) is 0 Å². The fraction of sp³-hybridized carbons (Fsp3) is 0.375. The number of rotatable bonds is 6. The van der Waals surface area contributed by atoms with Gasteiger partial charge in [0.1, 0.15) is 16.7 Å². The number of nitrogens with zero attached hydrogens (tertiary/aromatic N) is 2. The summed E-state index contributed by atoms with van der Waals surface area (Å²) in [5.74, 6) is 2.10. The number of hydrogen-bond acceptors (Lipinski definition) is 4. The van der Waals surface area contributed by atoms with Gasteiger partial charge in [-0.3, -0.25) is 0 Å². The van der Waals surface area contributed by atoms with Crippen molar-refractivity contribution in [1.82, 2.24) is 9.97 Å². The van der Waals surface area contributed by atoms with Crippen molar-refractivity contribution in [2.24, 2.45) is 0 Å². The molecule has 0 aliphatic heterocycles. The number of halogens is 1. The topological polar surface area (TPSA) is 37.8 Å². The van der Waals surface area contributed by atoms with Crippen LogP contribution in [0.1, 0.15) is 38.9 Å². The van der Waals surface area contributed by atoms with Crippen LogP contribution >= 0.6 is 27.7 Å². The molecule has 0 amide bonds. The van der Waals surface area contributed by atoms with E-state index in [1.807, 2.05) is 24.3 Å². The largest absolute Gasteiger partial charge is 0.370 e. The molecule has 0 bridgehead atoms. The Bertz CT molecular complexity index is 602. The van der Waals surface area contributed by atoms with Crippen LogP contribution in [0.15, 0.2) is 44.7 Å². The van der Waals surface area contributed by atoms with E-state index in [1.165, 1.54) is 0 Å². The summed E-state index contributed by atoms with van der Waals surface area (Å²) in [7, 11) is 0. The lowest BCUT2D eigenvalue weighted by atomic mass is 10.2. The first kappa shape index (κ1) is 16.3. The summed E-state index contributed by atoms with van der Waals surface area (Å²) < 4.78 is 1.09. The summed E-state index contributed by atoms with van der Waals surface area (Å²) in [4.78, 5) is 10.4. The van der Waals surface area contributed by atoms with Crippen molar-refractivity contribution in [2.45, 2.75) is 43.0 Å². The molecule has 0 aliphatic rings. The van der Waals surface area contributed by atoms with Gasteiger partial charge in [0.05, 0.1) is 0 Å². The van der Waals surface area contributed by atoms with E-state index in [2.05, 4.69) is 58.1 Å². The van der Waals surface area contributed by atoms with Crippen LogP contribution in [-0.4, -0.2) is 16.5 Å². The molecule has 0 fully saturated rings. The molecule has 1 aromatic heterocycles. The van der Waals surface area contributed by atoms with Crippen molar-refractivity contribution >= 4 is 33.5 Å². The number of nitrogens with one attached hydrogen (secondary N) is 1. The Hall–Kier alpha value is -1.07. The van der Waals surface area contributed by atoms with E-state index in [9.17, 15) is 0 Å². The summed E-state index contributed by atoms with van der Waals surface area (Å²) in [6.07, 6.45) is 1.08. The van der Waals surface area contributed by atoms with Gasteiger partial charge in [0, 0.05) is 27.9 Å². The van der Waals surface area contributed by atoms with Gasteiger partial charge in [-0.15, -0.1) is 0 Å². The smallest absolute Gasteiger partial charge is 0.134 e. The molecule has 0 radical (unpaired) electrons. The molecule has 1 heterocycles. The molecule has 0 atom stereocenters. The van der Waals surface area contributed by atoms with Crippen LogP contribution in [0.3, 0.4) is 0 Å². The van der Waals surface area contributed by atoms with Gasteiger partial charge in [-0.1, -0.05) is 44.7 Å². The van der Waals surface area contributed by atoms with Gasteiger partial charge in [0.15, 0.2) is 0 Å². The molecule has 0 aliphatic carbocycles. The monoisotopic (exact) mass is 365 g/mol. The van der Waals surface area contributed by atoms with Crippen LogP contribution in [0.4, 0.5) is 5.82 Å². The van der Waals surface area contributed by atoms with Gasteiger partial charge in [0.25, 0.3) is 0 Å². The minimum atomic E-state index is 0.312. The van der Waals surface area contributed by atoms with Crippen molar-refractivity contribution in [2.75, 3.05) is 11.9 Å². The molecule has 2 aromatic rings. The molecule has 0 unspecified atom stereocenters. The lowest BCUT2D eigenvalue weighted by molar-refractivity contribution is 0.753. The first-order valence-electron chi connectivity index (χ1n) is 7.15. The molecule has 1 aromatic carbocycles. The summed E-state index contributed by atoms with van der Waals surface area (Å²) in [6, 6.07) is 10.2. The van der Waals surface area contributed by atoms with Gasteiger partial charge in [-0.05, 0) is 34.5 Å². The molecule has 0 saturated carbocycles. The van der Waals surface area contributed by atoms with E-state index in [0.29, 0.717) is 5.92 Å². The van der Waals surface area contributed by atoms with Crippen molar-refractivity contribution in [1.29, 1.82) is 0 Å². The number of benzene rings is 1. The summed E-state index contributed by atoms with van der Waals surface area (Å²) in [5, 5.41) is 4.33. The van der Waals surface area contributed by atoms with Gasteiger partial charge >= 0.3 is 0 Å². The Morgan fingerprint density at radius 1 is 1.24 bits per heavy atom. The lowest BCUT2D eigenvalue weighted by Gasteiger charge is -2.11. The van der Waals surface area contributed by atoms with Crippen molar-refractivity contribution in [3.05, 3.63) is 40.6 Å². The van der Waals surface area contributed by atoms with Gasteiger partial charge in [-0.2, -0.15) is 0 Å². The van der Waals surface area contributed by atoms with E-state index in [1.54, 1.807) is 11.8 Å². The Morgan fingerprint density at radius 2 is 2.00 bits per heavy atom. The predicted molar refractivity (Wildman–Crippen MR) is 93.2 cm³/mol. The maximum atomic E-state index is 4.67. The zero-order valence-corrected chi connectivity index (χ0v) is 15.0. The van der Waals surface area contributed by atoms with Gasteiger partial charge in [0.2, 0.25) is 0 Å². The third-order valence-electron chi connectivity index (χ3n) is 2.84. The molecular formula is C16H20BrN3S. The minimum Gasteiger partial charge on any atom is -0.370 e. The quantitative estimate of drug-likeness (QED) is 0.701. The summed E-state index contributed by atoms with van der Waals surface area (Å²) >= 11 is 5.24. The lowest BCUT2D eigenvalue weighted by Crippen LogP contribution is -2.06. The third kappa shape index (κ3) is 4.71. The average Bonchev–Trinajstić information content (AvgIpc) is 2.47. The molecular weight excluding hydrogens is 346 g/mol. The van der Waals surface area contributed by atoms with Crippen LogP contribution in [0, 0.1) is 0 Å². The second-order valence-electron chi connectivity index (χ2n) is 5.06. The third-order valence-corrected chi connectivity index (χ3v) is 4.79. The number of anilines is 1. The highest BCUT2D eigenvalue weighted by atomic mass is 79.9. The maximum absolute atomic E-state index is 4.67. The molecule has 3 nitrogen and oxygen atoms in total. The minimum absolute atomic E-state index is 0.312. The summed E-state index contributed by atoms with van der Waals surface area (Å²) in [5.41, 5.74) is 0. The maximum Gasteiger partial charge on any atom is 0.134 e. The molecule has 0 saturated heterocycles. The number of hydrogen-bond donors (Lipinski definition) is 1. The zero-order chi connectivity index (χ0) is 15.2. The Morgan fingerprint density at radius 3 is 2.67 bits per heavy atom. The zero-order valence-electron chi connectivity index (χ0n) is 12.6. The van der Waals surface area contributed by atoms with Crippen molar-refractivity contribution < 1.29 is 0 Å². The van der Waals surface area contributed by atoms with E-state index in [4.69, 9.17) is 0 Å². The van der Waals surface area contributed by atoms with Gasteiger partial charge < -0.3 is 5.32 Å². The molecule has 5 heteroatoms. The summed E-state index contributed by atoms with van der Waals surface area (Å²) in [6.45, 7) is 7.31. The Kier molecular flexibility index (Phi) is 6.06. The van der Waals surface area contributed by atoms with Crippen molar-refractivity contribution in [3.63, 3.8) is 0 Å². The van der Waals surface area contributed by atoms with Crippen molar-refractivity contribution in [3.8, 4) is 0 Å². The van der Waals surface area contributed by atoms with E-state index >= 15 is 0 Å². The molecule has 2 rings (SSSR count). The normalized spacial score (nSPS) is 10.9. The standard InChI is InChI=1S/C16H20BrN3S/c1-4-9-18-14-10-15(20-16(19-14)11(2)3)21-13-8-6-5-7-12(13)17/h5-8,10-11H,4,9H2,1-3H3,(H,18,19,20). The highest BCUT2D eigenvalue weighted by Crippen LogP contribution is 2.33. The fourth-order valence-electron chi connectivity index (χ4n) is 1.74. The van der Waals surface area contributed by atoms with Gasteiger partial charge in [-0.25, -0.2) is 9.97 Å². The first-order valence-corrected chi connectivity index (χ1v) is 8.76. The Balaban J connectivity index is 2.29. The highest BCUT2D eigenvalue weighted by molar-refractivity contribution is 9.10. The van der Waals surface area contributed by atoms with Crippen LogP contribution in [0.25, 0.3) is 0 Å². The molecule has 1 N–H and O–H groups in total. The molecule has 21 heavy (non-hydrogen) atoms. The average molecular weight is 366 g/mol. The van der Waals surface area contributed by atoms with E-state index in [0.717, 1.165) is 39.0 Å². The second kappa shape index (κ2) is 7.80. The fourth-order valence-corrected chi connectivity index (χ4v) is 3.11. The number of aromatic nitrogens is 2. The second-order valence-corrected chi connectivity index (χ2v) is 6.98. The Labute approximate surface area is 139 Å². The highest BCUT2D eigenvalue weighted by Gasteiger charge is 2.10. The first-order chi connectivity index (χ1) is 10.1. The molecule has 112 valence electrons. The predicted octanol–water partition coefficient (Wildman–Crippen LogP) is 5.34.